The number of carbonyl (C=O) groups is 1. The van der Waals surface area contributed by atoms with E-state index in [1.54, 1.807) is 36.4 Å². The molecule has 0 saturated carbocycles. The number of hydrogen-bond donors (Lipinski definition) is 2. The van der Waals surface area contributed by atoms with Crippen molar-refractivity contribution in [2.24, 2.45) is 0 Å². The standard InChI is InChI=1S/C24H26ClN3O5S2/c1-16-5-11-21(12-6-16)28(34(4,30)31)18(3)24(29)26-19-9-13-22(14-10-19)35(32,33)27-20-8-7-17(2)23(25)15-20/h5-15,18,27H,1-4H3,(H,26,29). The van der Waals surface area contributed by atoms with Crippen molar-refractivity contribution in [3.05, 3.63) is 82.9 Å². The highest BCUT2D eigenvalue weighted by molar-refractivity contribution is 7.92. The van der Waals surface area contributed by atoms with Gasteiger partial charge in [-0.3, -0.25) is 13.8 Å². The molecule has 1 amide bonds. The summed E-state index contributed by atoms with van der Waals surface area (Å²) in [5, 5.41) is 3.08. The van der Waals surface area contributed by atoms with E-state index in [-0.39, 0.29) is 4.90 Å². The first-order chi connectivity index (χ1) is 16.3. The number of sulfonamides is 2. The van der Waals surface area contributed by atoms with E-state index in [1.807, 2.05) is 13.8 Å². The minimum absolute atomic E-state index is 0.0161. The highest BCUT2D eigenvalue weighted by atomic mass is 35.5. The van der Waals surface area contributed by atoms with Crippen molar-refractivity contribution in [3.8, 4) is 0 Å². The molecule has 35 heavy (non-hydrogen) atoms. The van der Waals surface area contributed by atoms with E-state index >= 15 is 0 Å². The summed E-state index contributed by atoms with van der Waals surface area (Å²) in [4.78, 5) is 12.8. The smallest absolute Gasteiger partial charge is 0.261 e. The maximum Gasteiger partial charge on any atom is 0.261 e. The normalized spacial score (nSPS) is 12.6. The van der Waals surface area contributed by atoms with Crippen LogP contribution >= 0.6 is 11.6 Å². The number of rotatable bonds is 8. The minimum atomic E-state index is -3.89. The van der Waals surface area contributed by atoms with Crippen LogP contribution in [-0.2, 0) is 24.8 Å². The van der Waals surface area contributed by atoms with Crippen molar-refractivity contribution >= 4 is 54.6 Å². The lowest BCUT2D eigenvalue weighted by molar-refractivity contribution is -0.116. The van der Waals surface area contributed by atoms with E-state index in [1.165, 1.54) is 37.3 Å². The molecular weight excluding hydrogens is 510 g/mol. The van der Waals surface area contributed by atoms with Gasteiger partial charge in [-0.05, 0) is 74.9 Å². The number of nitrogens with one attached hydrogen (secondary N) is 2. The molecule has 0 bridgehead atoms. The van der Waals surface area contributed by atoms with E-state index in [0.29, 0.717) is 22.1 Å². The van der Waals surface area contributed by atoms with Crippen molar-refractivity contribution in [2.75, 3.05) is 20.6 Å². The van der Waals surface area contributed by atoms with Crippen LogP contribution in [0.3, 0.4) is 0 Å². The summed E-state index contributed by atoms with van der Waals surface area (Å²) in [5.41, 5.74) is 2.78. The number of nitrogens with zero attached hydrogens (tertiary/aromatic N) is 1. The maximum absolute atomic E-state index is 12.9. The number of aryl methyl sites for hydroxylation is 2. The number of halogens is 1. The summed E-state index contributed by atoms with van der Waals surface area (Å²) in [7, 11) is -7.64. The molecule has 0 aromatic heterocycles. The first kappa shape index (κ1) is 26.5. The molecule has 8 nitrogen and oxygen atoms in total. The zero-order valence-corrected chi connectivity index (χ0v) is 22.0. The maximum atomic E-state index is 12.9. The Morgan fingerprint density at radius 2 is 1.46 bits per heavy atom. The molecule has 1 unspecified atom stereocenters. The topological polar surface area (TPSA) is 113 Å². The Labute approximate surface area is 211 Å². The van der Waals surface area contributed by atoms with Crippen LogP contribution in [0.4, 0.5) is 17.1 Å². The molecule has 3 aromatic carbocycles. The van der Waals surface area contributed by atoms with Gasteiger partial charge in [0.2, 0.25) is 15.9 Å². The Kier molecular flexibility index (Phi) is 7.78. The third kappa shape index (κ3) is 6.53. The molecule has 0 heterocycles. The van der Waals surface area contributed by atoms with Gasteiger partial charge < -0.3 is 5.32 Å². The van der Waals surface area contributed by atoms with Gasteiger partial charge in [-0.15, -0.1) is 0 Å². The molecule has 0 fully saturated rings. The van der Waals surface area contributed by atoms with Gasteiger partial charge in [-0.25, -0.2) is 16.8 Å². The minimum Gasteiger partial charge on any atom is -0.324 e. The number of amides is 1. The summed E-state index contributed by atoms with van der Waals surface area (Å²) in [6, 6.07) is 16.1. The first-order valence-electron chi connectivity index (χ1n) is 10.5. The Balaban J connectivity index is 1.76. The zero-order valence-electron chi connectivity index (χ0n) is 19.6. The molecule has 0 saturated heterocycles. The number of carbonyl (C=O) groups excluding carboxylic acids is 1. The average Bonchev–Trinajstić information content (AvgIpc) is 2.77. The fourth-order valence-corrected chi connectivity index (χ4v) is 5.74. The van der Waals surface area contributed by atoms with Crippen molar-refractivity contribution in [1.29, 1.82) is 0 Å². The van der Waals surface area contributed by atoms with Crippen LogP contribution < -0.4 is 14.3 Å². The molecule has 2 N–H and O–H groups in total. The van der Waals surface area contributed by atoms with Crippen molar-refractivity contribution in [3.63, 3.8) is 0 Å². The number of hydrogen-bond acceptors (Lipinski definition) is 5. The largest absolute Gasteiger partial charge is 0.324 e. The lowest BCUT2D eigenvalue weighted by atomic mass is 10.2. The van der Waals surface area contributed by atoms with Crippen LogP contribution in [0.1, 0.15) is 18.1 Å². The van der Waals surface area contributed by atoms with Gasteiger partial charge in [0.15, 0.2) is 0 Å². The summed E-state index contributed by atoms with van der Waals surface area (Å²) in [6.07, 6.45) is 1.03. The summed E-state index contributed by atoms with van der Waals surface area (Å²) < 4.78 is 53.8. The highest BCUT2D eigenvalue weighted by Gasteiger charge is 2.29. The monoisotopic (exact) mass is 535 g/mol. The van der Waals surface area contributed by atoms with Gasteiger partial charge in [0, 0.05) is 10.7 Å². The van der Waals surface area contributed by atoms with Crippen LogP contribution in [0, 0.1) is 13.8 Å². The van der Waals surface area contributed by atoms with Gasteiger partial charge in [0.05, 0.1) is 22.5 Å². The second kappa shape index (κ2) is 10.3. The lowest BCUT2D eigenvalue weighted by Gasteiger charge is -2.28. The molecule has 186 valence electrons. The molecular formula is C24H26ClN3O5S2. The lowest BCUT2D eigenvalue weighted by Crippen LogP contribution is -2.45. The molecule has 0 aliphatic heterocycles. The van der Waals surface area contributed by atoms with Gasteiger partial charge in [-0.2, -0.15) is 0 Å². The zero-order chi connectivity index (χ0) is 26.0. The Bertz CT molecular complexity index is 1440. The SMILES string of the molecule is Cc1ccc(N(C(C)C(=O)Nc2ccc(S(=O)(=O)Nc3ccc(C)c(Cl)c3)cc2)S(C)(=O)=O)cc1. The van der Waals surface area contributed by atoms with Crippen LogP contribution in [0.15, 0.2) is 71.6 Å². The van der Waals surface area contributed by atoms with Gasteiger partial charge in [0.25, 0.3) is 10.0 Å². The van der Waals surface area contributed by atoms with E-state index in [2.05, 4.69) is 10.0 Å². The Morgan fingerprint density at radius 3 is 2.00 bits per heavy atom. The molecule has 0 aliphatic rings. The van der Waals surface area contributed by atoms with Crippen LogP contribution in [0.2, 0.25) is 5.02 Å². The third-order valence-corrected chi connectivity index (χ3v) is 8.28. The molecule has 0 spiro atoms. The fourth-order valence-electron chi connectivity index (χ4n) is 3.34. The molecule has 0 radical (unpaired) electrons. The van der Waals surface area contributed by atoms with E-state index in [4.69, 9.17) is 11.6 Å². The van der Waals surface area contributed by atoms with Crippen molar-refractivity contribution in [1.82, 2.24) is 0 Å². The van der Waals surface area contributed by atoms with E-state index < -0.39 is 32.0 Å². The van der Waals surface area contributed by atoms with E-state index in [0.717, 1.165) is 21.7 Å². The molecule has 3 aromatic rings. The molecule has 11 heteroatoms. The quantitative estimate of drug-likeness (QED) is 0.439. The predicted octanol–water partition coefficient (Wildman–Crippen LogP) is 4.55. The second-order valence-electron chi connectivity index (χ2n) is 8.15. The average molecular weight is 536 g/mol. The van der Waals surface area contributed by atoms with Gasteiger partial charge in [0.1, 0.15) is 6.04 Å². The number of benzene rings is 3. The molecule has 1 atom stereocenters. The van der Waals surface area contributed by atoms with Crippen LogP contribution in [-0.4, -0.2) is 35.0 Å². The van der Waals surface area contributed by atoms with Crippen LogP contribution in [0.25, 0.3) is 0 Å². The summed E-state index contributed by atoms with van der Waals surface area (Å²) in [5.74, 6) is -0.570. The van der Waals surface area contributed by atoms with Crippen molar-refractivity contribution < 1.29 is 21.6 Å². The molecule has 0 aliphatic carbocycles. The fraction of sp³-hybridized carbons (Fsp3) is 0.208. The first-order valence-corrected chi connectivity index (χ1v) is 14.2. The second-order valence-corrected chi connectivity index (χ2v) is 12.1. The Morgan fingerprint density at radius 1 is 0.886 bits per heavy atom. The Hall–Kier alpha value is -3.08. The summed E-state index contributed by atoms with van der Waals surface area (Å²) >= 11 is 6.06. The molecule has 3 rings (SSSR count). The summed E-state index contributed by atoms with van der Waals surface area (Å²) in [6.45, 7) is 5.16. The van der Waals surface area contributed by atoms with E-state index in [9.17, 15) is 21.6 Å². The van der Waals surface area contributed by atoms with Gasteiger partial charge in [-0.1, -0.05) is 35.4 Å². The predicted molar refractivity (Wildman–Crippen MR) is 140 cm³/mol. The van der Waals surface area contributed by atoms with Crippen LogP contribution in [0.5, 0.6) is 0 Å². The highest BCUT2D eigenvalue weighted by Crippen LogP contribution is 2.24. The van der Waals surface area contributed by atoms with Crippen molar-refractivity contribution in [2.45, 2.75) is 31.7 Å². The van der Waals surface area contributed by atoms with Gasteiger partial charge >= 0.3 is 0 Å². The number of anilines is 3. The third-order valence-electron chi connectivity index (χ3n) is 5.23.